The minimum Gasteiger partial charge on any atom is -0.456 e. The van der Waals surface area contributed by atoms with Crippen molar-refractivity contribution in [1.82, 2.24) is 0 Å². The Morgan fingerprint density at radius 1 is 0.288 bits per heavy atom. The van der Waals surface area contributed by atoms with Crippen molar-refractivity contribution in [1.29, 1.82) is 0 Å². The first-order chi connectivity index (χ1) is 32.4. The van der Waals surface area contributed by atoms with Crippen LogP contribution in [0, 0.1) is 0 Å². The molecule has 312 valence electrons. The molecular formula is C63H43NO2. The molecule has 13 rings (SSSR count). The fourth-order valence-corrected chi connectivity index (χ4v) is 10.4. The van der Waals surface area contributed by atoms with Gasteiger partial charge in [-0.25, -0.2) is 0 Å². The SMILES string of the molecule is CC1(C)c2ccc(-c3cccc(N(c4ccc(-c5ccc6oc7ccccc7c6c5)cc4)c4ccc(-c5ccc6oc7ccccc7c6c5)cc4)c3)cc2-c2ccc(-c3ccccc3)cc21. The van der Waals surface area contributed by atoms with Crippen molar-refractivity contribution in [2.45, 2.75) is 19.3 Å². The second-order valence-corrected chi connectivity index (χ2v) is 18.1. The van der Waals surface area contributed by atoms with E-state index in [1.54, 1.807) is 0 Å². The predicted octanol–water partition coefficient (Wildman–Crippen LogP) is 17.9. The maximum Gasteiger partial charge on any atom is 0.135 e. The highest BCUT2D eigenvalue weighted by Crippen LogP contribution is 2.51. The summed E-state index contributed by atoms with van der Waals surface area (Å²) in [4.78, 5) is 2.37. The Labute approximate surface area is 383 Å². The summed E-state index contributed by atoms with van der Waals surface area (Å²) in [6.45, 7) is 4.72. The van der Waals surface area contributed by atoms with E-state index in [2.05, 4.69) is 219 Å². The Bertz CT molecular complexity index is 3680. The number of hydrogen-bond acceptors (Lipinski definition) is 3. The molecule has 0 amide bonds. The van der Waals surface area contributed by atoms with Crippen molar-refractivity contribution >= 4 is 60.9 Å². The van der Waals surface area contributed by atoms with E-state index < -0.39 is 0 Å². The van der Waals surface area contributed by atoms with Gasteiger partial charge in [0.2, 0.25) is 0 Å². The molecule has 0 atom stereocenters. The fraction of sp³-hybridized carbons (Fsp3) is 0.0476. The molecule has 3 heteroatoms. The van der Waals surface area contributed by atoms with Gasteiger partial charge >= 0.3 is 0 Å². The third-order valence-electron chi connectivity index (χ3n) is 13.9. The lowest BCUT2D eigenvalue weighted by Gasteiger charge is -2.26. The van der Waals surface area contributed by atoms with Gasteiger partial charge in [-0.15, -0.1) is 0 Å². The minimum absolute atomic E-state index is 0.110. The van der Waals surface area contributed by atoms with Crippen LogP contribution < -0.4 is 4.90 Å². The Balaban J connectivity index is 0.889. The van der Waals surface area contributed by atoms with Crippen molar-refractivity contribution in [3.05, 3.63) is 236 Å². The van der Waals surface area contributed by atoms with Crippen LogP contribution in [0.4, 0.5) is 17.1 Å². The van der Waals surface area contributed by atoms with Crippen molar-refractivity contribution in [2.24, 2.45) is 0 Å². The zero-order valence-electron chi connectivity index (χ0n) is 36.6. The number of furan rings is 2. The maximum absolute atomic E-state index is 6.16. The number of hydrogen-bond donors (Lipinski definition) is 0. The largest absolute Gasteiger partial charge is 0.456 e. The summed E-state index contributed by atoms with van der Waals surface area (Å²) < 4.78 is 12.3. The van der Waals surface area contributed by atoms with Gasteiger partial charge in [0.05, 0.1) is 0 Å². The van der Waals surface area contributed by atoms with E-state index in [0.717, 1.165) is 83.2 Å². The lowest BCUT2D eigenvalue weighted by atomic mass is 9.81. The van der Waals surface area contributed by atoms with E-state index in [9.17, 15) is 0 Å². The van der Waals surface area contributed by atoms with E-state index in [4.69, 9.17) is 8.83 Å². The average Bonchev–Trinajstić information content (AvgIpc) is 4.01. The Morgan fingerprint density at radius 2 is 0.742 bits per heavy atom. The topological polar surface area (TPSA) is 29.5 Å². The summed E-state index contributed by atoms with van der Waals surface area (Å²) in [6, 6.07) is 81.1. The number of fused-ring (bicyclic) bond motifs is 9. The van der Waals surface area contributed by atoms with Crippen molar-refractivity contribution in [3.63, 3.8) is 0 Å². The molecule has 10 aromatic carbocycles. The molecule has 3 nitrogen and oxygen atoms in total. The van der Waals surface area contributed by atoms with Gasteiger partial charge in [-0.1, -0.05) is 153 Å². The molecule has 0 fully saturated rings. The molecular weight excluding hydrogens is 803 g/mol. The number of anilines is 3. The van der Waals surface area contributed by atoms with Crippen LogP contribution in [0.3, 0.4) is 0 Å². The van der Waals surface area contributed by atoms with Gasteiger partial charge in [-0.2, -0.15) is 0 Å². The molecule has 0 radical (unpaired) electrons. The second kappa shape index (κ2) is 14.8. The van der Waals surface area contributed by atoms with Crippen molar-refractivity contribution < 1.29 is 8.83 Å². The quantitative estimate of drug-likeness (QED) is 0.160. The summed E-state index contributed by atoms with van der Waals surface area (Å²) >= 11 is 0. The highest BCUT2D eigenvalue weighted by molar-refractivity contribution is 6.07. The van der Waals surface area contributed by atoms with Crippen LogP contribution in [-0.4, -0.2) is 0 Å². The Morgan fingerprint density at radius 3 is 1.36 bits per heavy atom. The molecule has 0 unspecified atom stereocenters. The van der Waals surface area contributed by atoms with Crippen LogP contribution in [0.5, 0.6) is 0 Å². The highest BCUT2D eigenvalue weighted by atomic mass is 16.3. The third kappa shape index (κ3) is 6.19. The van der Waals surface area contributed by atoms with Gasteiger partial charge in [0.25, 0.3) is 0 Å². The molecule has 0 bridgehead atoms. The molecule has 12 aromatic rings. The minimum atomic E-state index is -0.110. The second-order valence-electron chi connectivity index (χ2n) is 18.1. The van der Waals surface area contributed by atoms with Crippen molar-refractivity contribution in [2.75, 3.05) is 4.90 Å². The van der Waals surface area contributed by atoms with E-state index >= 15 is 0 Å². The summed E-state index contributed by atoms with van der Waals surface area (Å²) in [6.07, 6.45) is 0. The van der Waals surface area contributed by atoms with E-state index in [-0.39, 0.29) is 5.41 Å². The van der Waals surface area contributed by atoms with E-state index in [1.807, 2.05) is 24.3 Å². The van der Waals surface area contributed by atoms with Crippen LogP contribution in [0.2, 0.25) is 0 Å². The van der Waals surface area contributed by atoms with Gasteiger partial charge in [-0.3, -0.25) is 0 Å². The van der Waals surface area contributed by atoms with Gasteiger partial charge in [0.15, 0.2) is 0 Å². The molecule has 0 N–H and O–H groups in total. The summed E-state index contributed by atoms with van der Waals surface area (Å²) in [7, 11) is 0. The summed E-state index contributed by atoms with van der Waals surface area (Å²) in [5.41, 5.74) is 21.6. The van der Waals surface area contributed by atoms with Gasteiger partial charge < -0.3 is 13.7 Å². The normalized spacial score (nSPS) is 12.8. The lowest BCUT2D eigenvalue weighted by Crippen LogP contribution is -2.15. The summed E-state index contributed by atoms with van der Waals surface area (Å²) in [5, 5.41) is 4.52. The molecule has 1 aliphatic carbocycles. The maximum atomic E-state index is 6.16. The molecule has 2 aromatic heterocycles. The smallest absolute Gasteiger partial charge is 0.135 e. The van der Waals surface area contributed by atoms with Crippen molar-refractivity contribution in [3.8, 4) is 55.6 Å². The van der Waals surface area contributed by atoms with Crippen LogP contribution in [0.1, 0.15) is 25.0 Å². The molecule has 0 saturated heterocycles. The molecule has 66 heavy (non-hydrogen) atoms. The first kappa shape index (κ1) is 38.1. The summed E-state index contributed by atoms with van der Waals surface area (Å²) in [5.74, 6) is 0. The first-order valence-electron chi connectivity index (χ1n) is 22.7. The predicted molar refractivity (Wildman–Crippen MR) is 275 cm³/mol. The molecule has 0 saturated carbocycles. The number of nitrogens with zero attached hydrogens (tertiary/aromatic N) is 1. The molecule has 0 spiro atoms. The molecule has 0 aliphatic heterocycles. The Hall–Kier alpha value is -8.40. The Kier molecular flexibility index (Phi) is 8.56. The first-order valence-corrected chi connectivity index (χ1v) is 22.7. The zero-order valence-corrected chi connectivity index (χ0v) is 36.6. The van der Waals surface area contributed by atoms with Gasteiger partial charge in [-0.05, 0) is 152 Å². The third-order valence-corrected chi connectivity index (χ3v) is 13.9. The fourth-order valence-electron chi connectivity index (χ4n) is 10.4. The van der Waals surface area contributed by atoms with Crippen LogP contribution in [0.25, 0.3) is 99.5 Å². The van der Waals surface area contributed by atoms with Crippen LogP contribution >= 0.6 is 0 Å². The van der Waals surface area contributed by atoms with Gasteiger partial charge in [0, 0.05) is 44.0 Å². The zero-order chi connectivity index (χ0) is 43.9. The monoisotopic (exact) mass is 845 g/mol. The number of benzene rings is 10. The number of para-hydroxylation sites is 2. The standard InChI is InChI=1S/C63H43NO2/c1-63(2)57-32-24-46(36-54(57)51-31-23-47(39-58(51)63)40-11-4-3-5-12-40)43-13-10-14-50(35-43)64(48-27-19-41(20-28-48)44-25-33-61-55(37-44)52-15-6-8-17-59(52)65-61)49-29-21-42(22-30-49)45-26-34-62-56(38-45)53-16-7-9-18-60(53)66-62/h3-39H,1-2H3. The van der Waals surface area contributed by atoms with E-state index in [1.165, 1.54) is 44.5 Å². The molecule has 1 aliphatic rings. The lowest BCUT2D eigenvalue weighted by molar-refractivity contribution is 0.660. The van der Waals surface area contributed by atoms with E-state index in [0.29, 0.717) is 0 Å². The highest BCUT2D eigenvalue weighted by Gasteiger charge is 2.36. The van der Waals surface area contributed by atoms with Gasteiger partial charge in [0.1, 0.15) is 22.3 Å². The van der Waals surface area contributed by atoms with Crippen LogP contribution in [-0.2, 0) is 5.41 Å². The molecule has 2 heterocycles. The average molecular weight is 846 g/mol. The number of rotatable bonds is 7. The van der Waals surface area contributed by atoms with Crippen LogP contribution in [0.15, 0.2) is 233 Å².